The standard InChI is InChI=1S/C13H17ClFN3O.C6H5ClFN.C6H14N2/c1-17(2)10-5-6-18(8-10)13(19)16-9-3-4-12(15)11(14)7-9;7-5-3-4(9)1-2-6(5)8;1-8(2)6-3-4-7-5-6/h3-4,7,10H,5-6,8H2,1-2H3,(H,16,19);1-3H,9H2;6-7H,3-5H2,1-2H3/t10-;;6-/m0.0/s1. The predicted octanol–water partition coefficient (Wildman–Crippen LogP) is 4.62. The second-order valence-corrected chi connectivity index (χ2v) is 10.0. The van der Waals surface area contributed by atoms with Crippen molar-refractivity contribution in [3.05, 3.63) is 58.1 Å². The van der Waals surface area contributed by atoms with Crippen molar-refractivity contribution >= 4 is 40.6 Å². The Balaban J connectivity index is 0.000000221. The summed E-state index contributed by atoms with van der Waals surface area (Å²) in [5.41, 5.74) is 6.25. The van der Waals surface area contributed by atoms with Crippen LogP contribution in [0.25, 0.3) is 0 Å². The van der Waals surface area contributed by atoms with E-state index in [1.165, 1.54) is 55.9 Å². The maximum atomic E-state index is 13.0. The van der Waals surface area contributed by atoms with E-state index in [1.54, 1.807) is 4.90 Å². The van der Waals surface area contributed by atoms with Gasteiger partial charge in [-0.2, -0.15) is 0 Å². The average Bonchev–Trinajstić information content (AvgIpc) is 3.53. The van der Waals surface area contributed by atoms with Crippen LogP contribution in [0.4, 0.5) is 25.0 Å². The monoisotopic (exact) mass is 544 g/mol. The molecule has 2 aliphatic rings. The third kappa shape index (κ3) is 9.71. The molecule has 200 valence electrons. The Hall–Kier alpha value is -2.17. The number of nitrogens with one attached hydrogen (secondary N) is 2. The fourth-order valence-electron chi connectivity index (χ4n) is 3.72. The number of anilines is 2. The molecule has 0 aliphatic carbocycles. The first-order valence-corrected chi connectivity index (χ1v) is 12.5. The minimum Gasteiger partial charge on any atom is -0.399 e. The van der Waals surface area contributed by atoms with Gasteiger partial charge in [-0.1, -0.05) is 23.2 Å². The number of benzene rings is 2. The van der Waals surface area contributed by atoms with Crippen LogP contribution in [0, 0.1) is 11.6 Å². The van der Waals surface area contributed by atoms with Gasteiger partial charge in [-0.15, -0.1) is 0 Å². The Morgan fingerprint density at radius 1 is 1.00 bits per heavy atom. The minimum absolute atomic E-state index is 0.00499. The first kappa shape index (κ1) is 30.1. The summed E-state index contributed by atoms with van der Waals surface area (Å²) in [6.45, 7) is 3.80. The van der Waals surface area contributed by atoms with Crippen LogP contribution in [0.2, 0.25) is 10.0 Å². The van der Waals surface area contributed by atoms with Crippen LogP contribution in [-0.4, -0.2) is 87.2 Å². The molecule has 2 fully saturated rings. The Morgan fingerprint density at radius 3 is 2.06 bits per heavy atom. The number of amides is 2. The van der Waals surface area contributed by atoms with Crippen molar-refractivity contribution in [2.75, 3.05) is 65.4 Å². The second kappa shape index (κ2) is 14.5. The van der Waals surface area contributed by atoms with E-state index >= 15 is 0 Å². The molecule has 2 aromatic carbocycles. The predicted molar refractivity (Wildman–Crippen MR) is 145 cm³/mol. The number of likely N-dealkylation sites (N-methyl/N-ethyl adjacent to an activating group) is 2. The van der Waals surface area contributed by atoms with Gasteiger partial charge in [0.25, 0.3) is 0 Å². The number of nitrogens with zero attached hydrogens (tertiary/aromatic N) is 3. The maximum Gasteiger partial charge on any atom is 0.321 e. The summed E-state index contributed by atoms with van der Waals surface area (Å²) in [5, 5.41) is 6.11. The molecular formula is C25H36Cl2F2N6O. The number of urea groups is 1. The number of halogens is 4. The Labute approximate surface area is 222 Å². The number of carbonyl (C=O) groups is 1. The van der Waals surface area contributed by atoms with E-state index in [1.807, 2.05) is 14.1 Å². The second-order valence-electron chi connectivity index (χ2n) is 9.19. The summed E-state index contributed by atoms with van der Waals surface area (Å²) in [6, 6.07) is 9.22. The highest BCUT2D eigenvalue weighted by molar-refractivity contribution is 6.31. The van der Waals surface area contributed by atoms with Gasteiger partial charge in [0.2, 0.25) is 0 Å². The zero-order valence-corrected chi connectivity index (χ0v) is 22.7. The van der Waals surface area contributed by atoms with Crippen molar-refractivity contribution in [3.63, 3.8) is 0 Å². The van der Waals surface area contributed by atoms with E-state index in [-0.39, 0.29) is 16.1 Å². The zero-order chi connectivity index (χ0) is 26.8. The largest absolute Gasteiger partial charge is 0.399 e. The summed E-state index contributed by atoms with van der Waals surface area (Å²) >= 11 is 11.0. The summed E-state index contributed by atoms with van der Waals surface area (Å²) in [4.78, 5) is 18.2. The summed E-state index contributed by atoms with van der Waals surface area (Å²) < 4.78 is 25.3. The first-order valence-electron chi connectivity index (χ1n) is 11.7. The summed E-state index contributed by atoms with van der Waals surface area (Å²) in [6.07, 6.45) is 2.28. The van der Waals surface area contributed by atoms with Gasteiger partial charge in [0.05, 0.1) is 10.0 Å². The molecular weight excluding hydrogens is 509 g/mol. The fourth-order valence-corrected chi connectivity index (χ4v) is 4.09. The lowest BCUT2D eigenvalue weighted by molar-refractivity contribution is 0.216. The van der Waals surface area contributed by atoms with Crippen LogP contribution in [0.1, 0.15) is 12.8 Å². The third-order valence-corrected chi connectivity index (χ3v) is 6.64. The first-order chi connectivity index (χ1) is 17.0. The van der Waals surface area contributed by atoms with Crippen molar-refractivity contribution in [3.8, 4) is 0 Å². The molecule has 2 heterocycles. The number of nitrogen functional groups attached to an aromatic ring is 1. The smallest absolute Gasteiger partial charge is 0.321 e. The summed E-state index contributed by atoms with van der Waals surface area (Å²) in [7, 11) is 8.28. The van der Waals surface area contributed by atoms with Crippen molar-refractivity contribution in [2.24, 2.45) is 0 Å². The van der Waals surface area contributed by atoms with Crippen LogP contribution < -0.4 is 16.4 Å². The van der Waals surface area contributed by atoms with E-state index in [0.717, 1.165) is 19.0 Å². The third-order valence-electron chi connectivity index (χ3n) is 6.06. The van der Waals surface area contributed by atoms with Crippen molar-refractivity contribution in [2.45, 2.75) is 24.9 Å². The van der Waals surface area contributed by atoms with E-state index in [2.05, 4.69) is 34.5 Å². The Morgan fingerprint density at radius 2 is 1.61 bits per heavy atom. The van der Waals surface area contributed by atoms with E-state index in [4.69, 9.17) is 28.9 Å². The molecule has 0 bridgehead atoms. The van der Waals surface area contributed by atoms with Gasteiger partial charge in [0.15, 0.2) is 0 Å². The van der Waals surface area contributed by atoms with Crippen molar-refractivity contribution < 1.29 is 13.6 Å². The molecule has 2 aromatic rings. The van der Waals surface area contributed by atoms with Crippen LogP contribution in [-0.2, 0) is 0 Å². The van der Waals surface area contributed by atoms with E-state index in [9.17, 15) is 13.6 Å². The normalized spacial score (nSPS) is 19.0. The molecule has 2 saturated heterocycles. The molecule has 0 saturated carbocycles. The quantitative estimate of drug-likeness (QED) is 0.491. The van der Waals surface area contributed by atoms with Crippen LogP contribution in [0.3, 0.4) is 0 Å². The lowest BCUT2D eigenvalue weighted by Gasteiger charge is -2.20. The number of hydrogen-bond acceptors (Lipinski definition) is 5. The zero-order valence-electron chi connectivity index (χ0n) is 21.2. The molecule has 0 radical (unpaired) electrons. The molecule has 36 heavy (non-hydrogen) atoms. The van der Waals surface area contributed by atoms with Gasteiger partial charge < -0.3 is 31.1 Å². The molecule has 7 nitrogen and oxygen atoms in total. The average molecular weight is 546 g/mol. The Bertz CT molecular complexity index is 989. The molecule has 0 unspecified atom stereocenters. The number of hydrogen-bond donors (Lipinski definition) is 3. The van der Waals surface area contributed by atoms with Gasteiger partial charge in [-0.3, -0.25) is 0 Å². The van der Waals surface area contributed by atoms with Gasteiger partial charge in [-0.25, -0.2) is 13.6 Å². The van der Waals surface area contributed by atoms with Gasteiger partial charge in [0.1, 0.15) is 11.6 Å². The van der Waals surface area contributed by atoms with Crippen molar-refractivity contribution in [1.29, 1.82) is 0 Å². The van der Waals surface area contributed by atoms with Crippen molar-refractivity contribution in [1.82, 2.24) is 20.0 Å². The topological polar surface area (TPSA) is 76.9 Å². The molecule has 2 amide bonds. The number of carbonyl (C=O) groups excluding carboxylic acids is 1. The van der Waals surface area contributed by atoms with Gasteiger partial charge >= 0.3 is 6.03 Å². The maximum absolute atomic E-state index is 13.0. The Kier molecular flexibility index (Phi) is 12.1. The molecule has 0 spiro atoms. The molecule has 2 aliphatic heterocycles. The van der Waals surface area contributed by atoms with Crippen LogP contribution >= 0.6 is 23.2 Å². The molecule has 4 N–H and O–H groups in total. The fraction of sp³-hybridized carbons (Fsp3) is 0.480. The van der Waals surface area contributed by atoms with Crippen LogP contribution in [0.15, 0.2) is 36.4 Å². The van der Waals surface area contributed by atoms with Gasteiger partial charge in [-0.05, 0) is 84.0 Å². The van der Waals surface area contributed by atoms with E-state index < -0.39 is 11.6 Å². The van der Waals surface area contributed by atoms with Crippen LogP contribution in [0.5, 0.6) is 0 Å². The molecule has 2 atom stereocenters. The molecule has 0 aromatic heterocycles. The number of likely N-dealkylation sites (tertiary alicyclic amines) is 1. The lowest BCUT2D eigenvalue weighted by Crippen LogP contribution is -2.36. The summed E-state index contributed by atoms with van der Waals surface area (Å²) in [5.74, 6) is -0.931. The lowest BCUT2D eigenvalue weighted by atomic mass is 10.2. The SMILES string of the molecule is CN(C)[C@H]1CCN(C(=O)Nc2ccc(F)c(Cl)c2)C1.CN(C)[C@H]1CCNC1.Nc1ccc(F)c(Cl)c1. The van der Waals surface area contributed by atoms with Gasteiger partial charge in [0, 0.05) is 43.1 Å². The number of nitrogens with two attached hydrogens (primary N) is 1. The highest BCUT2D eigenvalue weighted by atomic mass is 35.5. The minimum atomic E-state index is -0.492. The highest BCUT2D eigenvalue weighted by Crippen LogP contribution is 2.21. The highest BCUT2D eigenvalue weighted by Gasteiger charge is 2.27. The number of rotatable bonds is 3. The molecule has 4 rings (SSSR count). The molecule has 11 heteroatoms. The van der Waals surface area contributed by atoms with E-state index in [0.29, 0.717) is 24.0 Å².